The van der Waals surface area contributed by atoms with Crippen LogP contribution in [0.25, 0.3) is 0 Å². The SMILES string of the molecule is NCC1(C(=O)N(Cc2ccco2)CC(F)(F)F)CCC1. The first kappa shape index (κ1) is 14.9. The zero-order valence-electron chi connectivity index (χ0n) is 10.9. The molecule has 1 aliphatic rings. The van der Waals surface area contributed by atoms with Crippen LogP contribution in [0.5, 0.6) is 0 Å². The molecule has 1 aliphatic carbocycles. The van der Waals surface area contributed by atoms with Gasteiger partial charge in [-0.2, -0.15) is 13.2 Å². The molecule has 7 heteroatoms. The summed E-state index contributed by atoms with van der Waals surface area (Å²) in [6.45, 7) is -1.39. The number of nitrogens with two attached hydrogens (primary N) is 1. The molecule has 1 aromatic rings. The van der Waals surface area contributed by atoms with Crippen molar-refractivity contribution in [1.29, 1.82) is 0 Å². The summed E-state index contributed by atoms with van der Waals surface area (Å²) in [4.78, 5) is 13.2. The fraction of sp³-hybridized carbons (Fsp3) is 0.615. The van der Waals surface area contributed by atoms with Crippen LogP contribution in [0.3, 0.4) is 0 Å². The first-order valence-electron chi connectivity index (χ1n) is 6.45. The molecule has 1 aromatic heterocycles. The highest BCUT2D eigenvalue weighted by atomic mass is 19.4. The molecule has 4 nitrogen and oxygen atoms in total. The number of carbonyl (C=O) groups is 1. The normalized spacial score (nSPS) is 17.6. The number of alkyl halides is 3. The highest BCUT2D eigenvalue weighted by Gasteiger charge is 2.47. The van der Waals surface area contributed by atoms with Gasteiger partial charge in [0.25, 0.3) is 0 Å². The lowest BCUT2D eigenvalue weighted by atomic mass is 9.68. The molecule has 2 N–H and O–H groups in total. The summed E-state index contributed by atoms with van der Waals surface area (Å²) in [6, 6.07) is 3.13. The molecule has 112 valence electrons. The predicted molar refractivity (Wildman–Crippen MR) is 65.5 cm³/mol. The van der Waals surface area contributed by atoms with E-state index in [-0.39, 0.29) is 13.1 Å². The van der Waals surface area contributed by atoms with Crippen LogP contribution in [0.15, 0.2) is 22.8 Å². The van der Waals surface area contributed by atoms with E-state index in [0.717, 1.165) is 11.3 Å². The molecule has 0 atom stereocenters. The second-order valence-corrected chi connectivity index (χ2v) is 5.19. The summed E-state index contributed by atoms with van der Waals surface area (Å²) in [5.41, 5.74) is 4.77. The second kappa shape index (κ2) is 5.47. The van der Waals surface area contributed by atoms with Crippen molar-refractivity contribution in [3.8, 4) is 0 Å². The average molecular weight is 290 g/mol. The van der Waals surface area contributed by atoms with Crippen LogP contribution in [-0.2, 0) is 11.3 Å². The third-order valence-electron chi connectivity index (χ3n) is 3.74. The minimum Gasteiger partial charge on any atom is -0.467 e. The summed E-state index contributed by atoms with van der Waals surface area (Å²) in [7, 11) is 0. The van der Waals surface area contributed by atoms with Gasteiger partial charge >= 0.3 is 6.18 Å². The molecule has 0 bridgehead atoms. The number of halogens is 3. The minimum absolute atomic E-state index is 0.0817. The van der Waals surface area contributed by atoms with Crippen molar-refractivity contribution < 1.29 is 22.4 Å². The van der Waals surface area contributed by atoms with Gasteiger partial charge in [-0.05, 0) is 25.0 Å². The maximum absolute atomic E-state index is 12.7. The Morgan fingerprint density at radius 1 is 1.45 bits per heavy atom. The van der Waals surface area contributed by atoms with E-state index in [4.69, 9.17) is 10.2 Å². The van der Waals surface area contributed by atoms with Crippen molar-refractivity contribution >= 4 is 5.91 Å². The van der Waals surface area contributed by atoms with E-state index in [1.807, 2.05) is 0 Å². The van der Waals surface area contributed by atoms with Crippen molar-refractivity contribution in [2.45, 2.75) is 32.0 Å². The fourth-order valence-corrected chi connectivity index (χ4v) is 2.45. The van der Waals surface area contributed by atoms with Crippen LogP contribution < -0.4 is 5.73 Å². The van der Waals surface area contributed by atoms with E-state index >= 15 is 0 Å². The van der Waals surface area contributed by atoms with E-state index in [1.54, 1.807) is 12.1 Å². The first-order chi connectivity index (χ1) is 9.36. The van der Waals surface area contributed by atoms with Gasteiger partial charge in [0.15, 0.2) is 0 Å². The predicted octanol–water partition coefficient (Wildman–Crippen LogP) is 2.30. The second-order valence-electron chi connectivity index (χ2n) is 5.19. The Morgan fingerprint density at radius 3 is 2.55 bits per heavy atom. The van der Waals surface area contributed by atoms with Crippen LogP contribution in [-0.4, -0.2) is 30.1 Å². The molecule has 0 radical (unpaired) electrons. The molecule has 0 aliphatic heterocycles. The van der Waals surface area contributed by atoms with Crippen LogP contribution in [0.2, 0.25) is 0 Å². The quantitative estimate of drug-likeness (QED) is 0.905. The Kier molecular flexibility index (Phi) is 4.08. The van der Waals surface area contributed by atoms with Gasteiger partial charge in [0.1, 0.15) is 12.3 Å². The van der Waals surface area contributed by atoms with Crippen molar-refractivity contribution in [2.24, 2.45) is 11.1 Å². The van der Waals surface area contributed by atoms with Gasteiger partial charge in [0.05, 0.1) is 18.2 Å². The maximum atomic E-state index is 12.7. The van der Waals surface area contributed by atoms with Crippen LogP contribution in [0.4, 0.5) is 13.2 Å². The van der Waals surface area contributed by atoms with Gasteiger partial charge in [-0.3, -0.25) is 4.79 Å². The molecule has 0 saturated heterocycles. The number of rotatable bonds is 5. The third-order valence-corrected chi connectivity index (χ3v) is 3.74. The molecule has 2 rings (SSSR count). The van der Waals surface area contributed by atoms with Gasteiger partial charge in [-0.1, -0.05) is 6.42 Å². The number of carbonyl (C=O) groups excluding carboxylic acids is 1. The molecular weight excluding hydrogens is 273 g/mol. The monoisotopic (exact) mass is 290 g/mol. The van der Waals surface area contributed by atoms with E-state index in [1.165, 1.54) is 6.26 Å². The average Bonchev–Trinajstić information content (AvgIpc) is 2.78. The zero-order chi connectivity index (χ0) is 14.8. The van der Waals surface area contributed by atoms with Crippen LogP contribution in [0, 0.1) is 5.41 Å². The molecule has 0 spiro atoms. The Morgan fingerprint density at radius 2 is 2.15 bits per heavy atom. The van der Waals surface area contributed by atoms with Gasteiger partial charge in [-0.25, -0.2) is 0 Å². The molecule has 1 saturated carbocycles. The van der Waals surface area contributed by atoms with Crippen molar-refractivity contribution in [2.75, 3.05) is 13.1 Å². The lowest BCUT2D eigenvalue weighted by molar-refractivity contribution is -0.172. The molecule has 20 heavy (non-hydrogen) atoms. The van der Waals surface area contributed by atoms with Crippen molar-refractivity contribution in [3.63, 3.8) is 0 Å². The van der Waals surface area contributed by atoms with Crippen molar-refractivity contribution in [3.05, 3.63) is 24.2 Å². The van der Waals surface area contributed by atoms with Crippen LogP contribution in [0.1, 0.15) is 25.0 Å². The summed E-state index contributed by atoms with van der Waals surface area (Å²) < 4.78 is 43.0. The lowest BCUT2D eigenvalue weighted by Gasteiger charge is -2.42. The number of nitrogens with zero attached hydrogens (tertiary/aromatic N) is 1. The Hall–Kier alpha value is -1.50. The van der Waals surface area contributed by atoms with Gasteiger partial charge in [-0.15, -0.1) is 0 Å². The first-order valence-corrected chi connectivity index (χ1v) is 6.45. The molecule has 0 aromatic carbocycles. The van der Waals surface area contributed by atoms with E-state index in [9.17, 15) is 18.0 Å². The summed E-state index contributed by atoms with van der Waals surface area (Å²) in [5.74, 6) is -0.200. The third kappa shape index (κ3) is 3.15. The lowest BCUT2D eigenvalue weighted by Crippen LogP contribution is -2.53. The van der Waals surface area contributed by atoms with Crippen LogP contribution >= 0.6 is 0 Å². The molecule has 1 heterocycles. The summed E-state index contributed by atoms with van der Waals surface area (Å²) >= 11 is 0. The van der Waals surface area contributed by atoms with E-state index in [2.05, 4.69) is 0 Å². The van der Waals surface area contributed by atoms with Gasteiger partial charge < -0.3 is 15.1 Å². The minimum atomic E-state index is -4.44. The standard InChI is InChI=1S/C13H17F3N2O2/c14-13(15,16)9-18(7-10-3-1-6-20-10)11(19)12(8-17)4-2-5-12/h1,3,6H,2,4-5,7-9,17H2. The highest BCUT2D eigenvalue weighted by Crippen LogP contribution is 2.42. The summed E-state index contributed by atoms with van der Waals surface area (Å²) in [6.07, 6.45) is -1.15. The zero-order valence-corrected chi connectivity index (χ0v) is 10.9. The fourth-order valence-electron chi connectivity index (χ4n) is 2.45. The van der Waals surface area contributed by atoms with Gasteiger partial charge in [0.2, 0.25) is 5.91 Å². The van der Waals surface area contributed by atoms with Gasteiger partial charge in [0, 0.05) is 6.54 Å². The molecule has 1 fully saturated rings. The van der Waals surface area contributed by atoms with E-state index < -0.39 is 24.0 Å². The number of amides is 1. The Labute approximate surface area is 114 Å². The van der Waals surface area contributed by atoms with E-state index in [0.29, 0.717) is 18.6 Å². The smallest absolute Gasteiger partial charge is 0.406 e. The maximum Gasteiger partial charge on any atom is 0.406 e. The number of hydrogen-bond donors (Lipinski definition) is 1. The largest absolute Gasteiger partial charge is 0.467 e. The number of hydrogen-bond acceptors (Lipinski definition) is 3. The Bertz CT molecular complexity index is 447. The number of furan rings is 1. The van der Waals surface area contributed by atoms with Crippen molar-refractivity contribution in [1.82, 2.24) is 4.90 Å². The highest BCUT2D eigenvalue weighted by molar-refractivity contribution is 5.84. The molecule has 1 amide bonds. The molecular formula is C13H17F3N2O2. The Balaban J connectivity index is 2.15. The molecule has 0 unspecified atom stereocenters. The topological polar surface area (TPSA) is 59.5 Å². The summed E-state index contributed by atoms with van der Waals surface area (Å²) in [5, 5.41) is 0.